The van der Waals surface area contributed by atoms with Crippen molar-refractivity contribution in [3.8, 4) is 0 Å². The maximum atomic E-state index is 10.3. The van der Waals surface area contributed by atoms with Gasteiger partial charge in [0.25, 0.3) is 0 Å². The van der Waals surface area contributed by atoms with E-state index in [9.17, 15) is 10.1 Å². The van der Waals surface area contributed by atoms with Crippen molar-refractivity contribution >= 4 is 5.95 Å². The molecule has 0 radical (unpaired) electrons. The van der Waals surface area contributed by atoms with Gasteiger partial charge in [0.2, 0.25) is 6.33 Å². The lowest BCUT2D eigenvalue weighted by Crippen LogP contribution is -2.35. The summed E-state index contributed by atoms with van der Waals surface area (Å²) in [4.78, 5) is 13.2. The van der Waals surface area contributed by atoms with Gasteiger partial charge in [-0.25, -0.2) is 0 Å². The van der Waals surface area contributed by atoms with Crippen LogP contribution in [0.4, 0.5) is 5.95 Å². The summed E-state index contributed by atoms with van der Waals surface area (Å²) in [5.41, 5.74) is 5.02. The highest BCUT2D eigenvalue weighted by atomic mass is 16.6. The lowest BCUT2D eigenvalue weighted by Gasteiger charge is -2.18. The smallest absolute Gasteiger partial charge is 0.390 e. The molecule has 0 fully saturated rings. The van der Waals surface area contributed by atoms with Gasteiger partial charge in [-0.15, -0.1) is 0 Å². The Hall–Kier alpha value is -1.50. The quantitative estimate of drug-likeness (QED) is 0.522. The zero-order chi connectivity index (χ0) is 10.1. The van der Waals surface area contributed by atoms with Gasteiger partial charge in [0.15, 0.2) is 0 Å². The number of nitro groups is 1. The maximum Gasteiger partial charge on any atom is 0.490 e. The van der Waals surface area contributed by atoms with Crippen molar-refractivity contribution in [3.63, 3.8) is 0 Å². The van der Waals surface area contributed by atoms with Crippen molar-refractivity contribution in [3.05, 3.63) is 16.4 Å². The van der Waals surface area contributed by atoms with Crippen molar-refractivity contribution in [2.75, 3.05) is 6.54 Å². The Morgan fingerprint density at radius 3 is 2.77 bits per heavy atom. The van der Waals surface area contributed by atoms with Crippen LogP contribution in [0, 0.1) is 10.1 Å². The second-order valence-electron chi connectivity index (χ2n) is 3.26. The zero-order valence-electron chi connectivity index (χ0n) is 7.47. The first-order valence-electron chi connectivity index (χ1n) is 3.74. The van der Waals surface area contributed by atoms with E-state index in [1.165, 1.54) is 11.0 Å². The third-order valence-corrected chi connectivity index (χ3v) is 1.76. The molecule has 72 valence electrons. The molecule has 0 bridgehead atoms. The molecule has 7 nitrogen and oxygen atoms in total. The van der Waals surface area contributed by atoms with Crippen LogP contribution in [-0.2, 0) is 5.54 Å². The molecular weight excluding hydrogens is 174 g/mol. The standard InChI is InChI=1S/C6H11N5O2/c1-6(2,3-7)10-4-8-5(9-10)11(12)13/h4H,3,7H2,1-2H3. The van der Waals surface area contributed by atoms with Crippen LogP contribution in [0.25, 0.3) is 0 Å². The monoisotopic (exact) mass is 185 g/mol. The molecular formula is C6H11N5O2. The number of aromatic nitrogens is 3. The Labute approximate surface area is 74.7 Å². The van der Waals surface area contributed by atoms with Gasteiger partial charge in [-0.1, -0.05) is 4.98 Å². The predicted octanol–water partition coefficient (Wildman–Crippen LogP) is -0.120. The van der Waals surface area contributed by atoms with Gasteiger partial charge in [0.05, 0.1) is 5.54 Å². The molecule has 2 N–H and O–H groups in total. The molecule has 0 saturated heterocycles. The first-order chi connectivity index (χ1) is 5.97. The van der Waals surface area contributed by atoms with Crippen LogP contribution in [-0.4, -0.2) is 26.2 Å². The fourth-order valence-electron chi connectivity index (χ4n) is 0.723. The molecule has 13 heavy (non-hydrogen) atoms. The average molecular weight is 185 g/mol. The summed E-state index contributed by atoms with van der Waals surface area (Å²) < 4.78 is 1.39. The van der Waals surface area contributed by atoms with Gasteiger partial charge >= 0.3 is 5.95 Å². The van der Waals surface area contributed by atoms with Crippen LogP contribution in [0.3, 0.4) is 0 Å². The molecule has 0 aliphatic heterocycles. The molecule has 7 heteroatoms. The number of nitrogens with zero attached hydrogens (tertiary/aromatic N) is 4. The number of hydrogen-bond acceptors (Lipinski definition) is 5. The van der Waals surface area contributed by atoms with Crippen LogP contribution in [0.1, 0.15) is 13.8 Å². The summed E-state index contributed by atoms with van der Waals surface area (Å²) in [6.07, 6.45) is 1.31. The average Bonchev–Trinajstić information content (AvgIpc) is 2.52. The van der Waals surface area contributed by atoms with E-state index in [-0.39, 0.29) is 0 Å². The third kappa shape index (κ3) is 1.81. The van der Waals surface area contributed by atoms with E-state index in [4.69, 9.17) is 5.73 Å². The maximum absolute atomic E-state index is 10.3. The molecule has 0 spiro atoms. The van der Waals surface area contributed by atoms with Crippen molar-refractivity contribution in [1.82, 2.24) is 14.8 Å². The zero-order valence-corrected chi connectivity index (χ0v) is 7.47. The van der Waals surface area contributed by atoms with Crippen LogP contribution in [0.2, 0.25) is 0 Å². The minimum atomic E-state index is -0.636. The molecule has 0 aromatic carbocycles. The summed E-state index contributed by atoms with van der Waals surface area (Å²) >= 11 is 0. The molecule has 0 aliphatic carbocycles. The highest BCUT2D eigenvalue weighted by molar-refractivity contribution is 4.99. The van der Waals surface area contributed by atoms with Gasteiger partial charge in [0, 0.05) is 11.6 Å². The molecule has 0 saturated carbocycles. The third-order valence-electron chi connectivity index (χ3n) is 1.76. The largest absolute Gasteiger partial charge is 0.490 e. The predicted molar refractivity (Wildman–Crippen MR) is 45.1 cm³/mol. The Morgan fingerprint density at radius 2 is 2.38 bits per heavy atom. The first kappa shape index (κ1) is 9.59. The van der Waals surface area contributed by atoms with E-state index in [1.807, 2.05) is 13.8 Å². The highest BCUT2D eigenvalue weighted by Crippen LogP contribution is 2.12. The molecule has 0 amide bonds. The summed E-state index contributed by atoms with van der Waals surface area (Å²) in [7, 11) is 0. The van der Waals surface area contributed by atoms with E-state index >= 15 is 0 Å². The van der Waals surface area contributed by atoms with Gasteiger partial charge < -0.3 is 15.8 Å². The van der Waals surface area contributed by atoms with Crippen LogP contribution >= 0.6 is 0 Å². The lowest BCUT2D eigenvalue weighted by molar-refractivity contribution is -0.394. The Bertz CT molecular complexity index is 319. The minimum absolute atomic E-state index is 0.341. The second kappa shape index (κ2) is 3.09. The number of hydrogen-bond donors (Lipinski definition) is 1. The van der Waals surface area contributed by atoms with Crippen molar-refractivity contribution in [2.24, 2.45) is 5.73 Å². The van der Waals surface area contributed by atoms with Gasteiger partial charge in [-0.3, -0.25) is 0 Å². The number of nitrogens with two attached hydrogens (primary N) is 1. The topological polar surface area (TPSA) is 99.9 Å². The second-order valence-corrected chi connectivity index (χ2v) is 3.26. The fourth-order valence-corrected chi connectivity index (χ4v) is 0.723. The summed E-state index contributed by atoms with van der Waals surface area (Å²) in [6.45, 7) is 3.99. The van der Waals surface area contributed by atoms with Crippen LogP contribution in [0.5, 0.6) is 0 Å². The molecule has 1 heterocycles. The van der Waals surface area contributed by atoms with Crippen molar-refractivity contribution < 1.29 is 4.92 Å². The molecule has 1 rings (SSSR count). The molecule has 0 atom stereocenters. The molecule has 0 aliphatic rings. The van der Waals surface area contributed by atoms with Crippen molar-refractivity contribution in [1.29, 1.82) is 0 Å². The van der Waals surface area contributed by atoms with Crippen molar-refractivity contribution in [2.45, 2.75) is 19.4 Å². The van der Waals surface area contributed by atoms with E-state index in [2.05, 4.69) is 10.1 Å². The van der Waals surface area contributed by atoms with Crippen LogP contribution < -0.4 is 5.73 Å². The summed E-state index contributed by atoms with van der Waals surface area (Å²) in [5.74, 6) is -0.401. The van der Waals surface area contributed by atoms with Crippen LogP contribution in [0.15, 0.2) is 6.33 Å². The molecule has 1 aromatic rings. The van der Waals surface area contributed by atoms with Gasteiger partial charge in [-0.2, -0.15) is 4.68 Å². The molecule has 1 aromatic heterocycles. The van der Waals surface area contributed by atoms with Gasteiger partial charge in [0.1, 0.15) is 0 Å². The summed E-state index contributed by atoms with van der Waals surface area (Å²) in [6, 6.07) is 0. The fraction of sp³-hybridized carbons (Fsp3) is 0.667. The Morgan fingerprint density at radius 1 is 1.77 bits per heavy atom. The number of rotatable bonds is 3. The summed E-state index contributed by atoms with van der Waals surface area (Å²) in [5, 5.41) is 13.9. The molecule has 0 unspecified atom stereocenters. The van der Waals surface area contributed by atoms with E-state index in [1.54, 1.807) is 0 Å². The highest BCUT2D eigenvalue weighted by Gasteiger charge is 2.25. The lowest BCUT2D eigenvalue weighted by atomic mass is 10.1. The Kier molecular flexibility index (Phi) is 2.28. The Balaban J connectivity index is 2.98. The van der Waals surface area contributed by atoms with E-state index in [0.717, 1.165) is 0 Å². The van der Waals surface area contributed by atoms with E-state index < -0.39 is 16.4 Å². The normalized spacial score (nSPS) is 11.6. The first-order valence-corrected chi connectivity index (χ1v) is 3.74. The van der Waals surface area contributed by atoms with Gasteiger partial charge in [-0.05, 0) is 18.8 Å². The minimum Gasteiger partial charge on any atom is -0.390 e. The van der Waals surface area contributed by atoms with E-state index in [0.29, 0.717) is 6.54 Å². The SMILES string of the molecule is CC(C)(CN)n1cnc([N+](=O)[O-])n1.